The average molecular weight is 287 g/mol. The number of nitrogens with one attached hydrogen (secondary N) is 1. The van der Waals surface area contributed by atoms with Crippen LogP contribution in [0.4, 0.5) is 0 Å². The van der Waals surface area contributed by atoms with Gasteiger partial charge in [0.2, 0.25) is 5.78 Å². The van der Waals surface area contributed by atoms with Crippen molar-refractivity contribution < 1.29 is 28.7 Å². The van der Waals surface area contributed by atoms with Crippen molar-refractivity contribution >= 4 is 23.6 Å². The first-order valence-corrected chi connectivity index (χ1v) is 6.67. The molecule has 7 nitrogen and oxygen atoms in total. The molecular formula is C13H21NO6. The van der Waals surface area contributed by atoms with Gasteiger partial charge in [-0.05, 0) is 26.7 Å². The lowest BCUT2D eigenvalue weighted by atomic mass is 10.1. The highest BCUT2D eigenvalue weighted by Crippen LogP contribution is 2.01. The van der Waals surface area contributed by atoms with E-state index in [0.717, 1.165) is 0 Å². The van der Waals surface area contributed by atoms with Crippen LogP contribution >= 0.6 is 0 Å². The number of esters is 2. The molecule has 0 atom stereocenters. The van der Waals surface area contributed by atoms with Crippen molar-refractivity contribution in [3.63, 3.8) is 0 Å². The minimum absolute atomic E-state index is 0.130. The van der Waals surface area contributed by atoms with E-state index in [2.05, 4.69) is 14.8 Å². The Morgan fingerprint density at radius 2 is 1.45 bits per heavy atom. The van der Waals surface area contributed by atoms with E-state index in [9.17, 15) is 19.2 Å². The normalized spacial score (nSPS) is 9.70. The molecule has 1 amide bonds. The Balaban J connectivity index is 3.58. The molecule has 0 aromatic heterocycles. The van der Waals surface area contributed by atoms with Gasteiger partial charge in [0, 0.05) is 13.0 Å². The molecule has 0 radical (unpaired) electrons. The van der Waals surface area contributed by atoms with E-state index in [4.69, 9.17) is 0 Å². The van der Waals surface area contributed by atoms with Crippen molar-refractivity contribution in [2.75, 3.05) is 19.8 Å². The number of carbonyl (C=O) groups excluding carboxylic acids is 4. The molecule has 0 saturated heterocycles. The first-order chi connectivity index (χ1) is 9.52. The Labute approximate surface area is 118 Å². The second kappa shape index (κ2) is 11.0. The van der Waals surface area contributed by atoms with Crippen LogP contribution in [0.15, 0.2) is 0 Å². The molecule has 0 bridgehead atoms. The topological polar surface area (TPSA) is 98.8 Å². The molecule has 0 aliphatic heterocycles. The van der Waals surface area contributed by atoms with Crippen molar-refractivity contribution in [3.05, 3.63) is 0 Å². The van der Waals surface area contributed by atoms with Crippen LogP contribution in [-0.4, -0.2) is 43.4 Å². The van der Waals surface area contributed by atoms with Crippen molar-refractivity contribution in [2.45, 2.75) is 39.5 Å². The number of Topliss-reactive ketones (excluding diaryl/α,β-unsaturated/α-hetero) is 1. The zero-order valence-electron chi connectivity index (χ0n) is 11.9. The summed E-state index contributed by atoms with van der Waals surface area (Å²) in [4.78, 5) is 44.3. The van der Waals surface area contributed by atoms with Gasteiger partial charge in [0.25, 0.3) is 0 Å². The summed E-state index contributed by atoms with van der Waals surface area (Å²) in [6.45, 7) is 3.92. The standard InChI is InChI=1S/C13H21NO6/c1-3-19-12(17)10(15)8-6-5-7-9-14-11(16)13(18)20-4-2/h3-9H2,1-2H3,(H,14,16). The summed E-state index contributed by atoms with van der Waals surface area (Å²) >= 11 is 0. The molecule has 0 heterocycles. The molecule has 7 heteroatoms. The zero-order chi connectivity index (χ0) is 15.4. The smallest absolute Gasteiger partial charge is 0.396 e. The van der Waals surface area contributed by atoms with Crippen LogP contribution in [0.25, 0.3) is 0 Å². The molecule has 0 aromatic rings. The van der Waals surface area contributed by atoms with Gasteiger partial charge in [0.1, 0.15) is 0 Å². The van der Waals surface area contributed by atoms with Crippen LogP contribution < -0.4 is 5.32 Å². The predicted molar refractivity (Wildman–Crippen MR) is 69.8 cm³/mol. The van der Waals surface area contributed by atoms with Gasteiger partial charge in [-0.2, -0.15) is 0 Å². The molecule has 0 unspecified atom stereocenters. The van der Waals surface area contributed by atoms with Crippen LogP contribution in [0.2, 0.25) is 0 Å². The molecule has 0 aliphatic carbocycles. The second-order valence-corrected chi connectivity index (χ2v) is 3.93. The molecule has 0 spiro atoms. The lowest BCUT2D eigenvalue weighted by Crippen LogP contribution is -2.33. The molecular weight excluding hydrogens is 266 g/mol. The lowest BCUT2D eigenvalue weighted by Gasteiger charge is -2.04. The highest BCUT2D eigenvalue weighted by atomic mass is 16.5. The van der Waals surface area contributed by atoms with Crippen LogP contribution in [0.5, 0.6) is 0 Å². The predicted octanol–water partition coefficient (Wildman–Crippen LogP) is 0.358. The molecule has 1 N–H and O–H groups in total. The maximum Gasteiger partial charge on any atom is 0.396 e. The lowest BCUT2D eigenvalue weighted by molar-refractivity contribution is -0.154. The Hall–Kier alpha value is -1.92. The van der Waals surface area contributed by atoms with Crippen LogP contribution in [0.3, 0.4) is 0 Å². The summed E-state index contributed by atoms with van der Waals surface area (Å²) < 4.78 is 9.08. The number of unbranched alkanes of at least 4 members (excludes halogenated alkanes) is 2. The maximum absolute atomic E-state index is 11.2. The number of carbonyl (C=O) groups is 4. The highest BCUT2D eigenvalue weighted by molar-refractivity contribution is 6.33. The maximum atomic E-state index is 11.2. The number of hydrogen-bond donors (Lipinski definition) is 1. The molecule has 0 fully saturated rings. The van der Waals surface area contributed by atoms with E-state index < -0.39 is 23.6 Å². The number of amides is 1. The van der Waals surface area contributed by atoms with Crippen molar-refractivity contribution in [3.8, 4) is 0 Å². The third-order valence-electron chi connectivity index (χ3n) is 2.33. The van der Waals surface area contributed by atoms with E-state index in [-0.39, 0.29) is 19.6 Å². The number of rotatable bonds is 9. The summed E-state index contributed by atoms with van der Waals surface area (Å²) in [6, 6.07) is 0. The Bertz CT molecular complexity index is 319. The zero-order valence-corrected chi connectivity index (χ0v) is 11.9. The van der Waals surface area contributed by atoms with Crippen LogP contribution in [0.1, 0.15) is 39.5 Å². The Morgan fingerprint density at radius 3 is 2.05 bits per heavy atom. The van der Waals surface area contributed by atoms with Crippen LogP contribution in [0, 0.1) is 0 Å². The fourth-order valence-electron chi connectivity index (χ4n) is 1.37. The van der Waals surface area contributed by atoms with Gasteiger partial charge in [0.05, 0.1) is 13.2 Å². The SMILES string of the molecule is CCOC(=O)C(=O)CCCCCNC(=O)C(=O)OCC. The van der Waals surface area contributed by atoms with Gasteiger partial charge in [-0.25, -0.2) is 9.59 Å². The third kappa shape index (κ3) is 8.23. The van der Waals surface area contributed by atoms with Crippen molar-refractivity contribution in [2.24, 2.45) is 0 Å². The van der Waals surface area contributed by atoms with E-state index in [1.807, 2.05) is 0 Å². The molecule has 20 heavy (non-hydrogen) atoms. The first-order valence-electron chi connectivity index (χ1n) is 6.67. The molecule has 0 rings (SSSR count). The second-order valence-electron chi connectivity index (χ2n) is 3.93. The van der Waals surface area contributed by atoms with E-state index in [0.29, 0.717) is 25.8 Å². The van der Waals surface area contributed by atoms with Gasteiger partial charge in [0.15, 0.2) is 0 Å². The number of ether oxygens (including phenoxy) is 2. The largest absolute Gasteiger partial charge is 0.460 e. The summed E-state index contributed by atoms with van der Waals surface area (Å²) in [5.41, 5.74) is 0. The van der Waals surface area contributed by atoms with E-state index in [1.54, 1.807) is 13.8 Å². The summed E-state index contributed by atoms with van der Waals surface area (Å²) in [5.74, 6) is -3.01. The van der Waals surface area contributed by atoms with E-state index >= 15 is 0 Å². The van der Waals surface area contributed by atoms with Gasteiger partial charge < -0.3 is 14.8 Å². The van der Waals surface area contributed by atoms with Gasteiger partial charge in [-0.15, -0.1) is 0 Å². The molecule has 0 aromatic carbocycles. The highest BCUT2D eigenvalue weighted by Gasteiger charge is 2.14. The van der Waals surface area contributed by atoms with Gasteiger partial charge in [-0.3, -0.25) is 9.59 Å². The third-order valence-corrected chi connectivity index (χ3v) is 2.33. The molecule has 0 aliphatic rings. The fraction of sp³-hybridized carbons (Fsp3) is 0.692. The quantitative estimate of drug-likeness (QED) is 0.373. The summed E-state index contributed by atoms with van der Waals surface area (Å²) in [6.07, 6.45) is 1.94. The molecule has 0 saturated carbocycles. The van der Waals surface area contributed by atoms with Crippen molar-refractivity contribution in [1.29, 1.82) is 0 Å². The van der Waals surface area contributed by atoms with Crippen molar-refractivity contribution in [1.82, 2.24) is 5.32 Å². The minimum Gasteiger partial charge on any atom is -0.460 e. The summed E-state index contributed by atoms with van der Waals surface area (Å²) in [7, 11) is 0. The average Bonchev–Trinajstić information content (AvgIpc) is 2.42. The van der Waals surface area contributed by atoms with E-state index in [1.165, 1.54) is 0 Å². The number of hydrogen-bond acceptors (Lipinski definition) is 6. The number of ketones is 1. The van der Waals surface area contributed by atoms with Gasteiger partial charge >= 0.3 is 17.8 Å². The monoisotopic (exact) mass is 287 g/mol. The first kappa shape index (κ1) is 18.1. The Morgan fingerprint density at radius 1 is 0.850 bits per heavy atom. The minimum atomic E-state index is -0.898. The van der Waals surface area contributed by atoms with Gasteiger partial charge in [-0.1, -0.05) is 6.42 Å². The fourth-order valence-corrected chi connectivity index (χ4v) is 1.37. The Kier molecular flexibility index (Phi) is 9.90. The summed E-state index contributed by atoms with van der Waals surface area (Å²) in [5, 5.41) is 2.41. The molecule has 114 valence electrons. The van der Waals surface area contributed by atoms with Crippen LogP contribution in [-0.2, 0) is 28.7 Å².